The monoisotopic (exact) mass is 246 g/mol. The SMILES string of the molecule is CCCNC(C(C)c1ccncc1)C(C)C1CC1. The number of hydrogen-bond acceptors (Lipinski definition) is 2. The molecule has 0 aliphatic heterocycles. The Kier molecular flexibility index (Phi) is 4.76. The van der Waals surface area contributed by atoms with Crippen LogP contribution in [0.2, 0.25) is 0 Å². The minimum atomic E-state index is 0.565. The molecule has 2 heteroatoms. The number of hydrogen-bond donors (Lipinski definition) is 1. The van der Waals surface area contributed by atoms with Gasteiger partial charge >= 0.3 is 0 Å². The molecule has 0 saturated heterocycles. The Morgan fingerprint density at radius 2 is 1.94 bits per heavy atom. The smallest absolute Gasteiger partial charge is 0.0270 e. The highest BCUT2D eigenvalue weighted by Gasteiger charge is 2.35. The fraction of sp³-hybridized carbons (Fsp3) is 0.688. The first-order chi connectivity index (χ1) is 8.74. The van der Waals surface area contributed by atoms with E-state index in [2.05, 4.69) is 43.2 Å². The summed E-state index contributed by atoms with van der Waals surface area (Å²) in [5.41, 5.74) is 1.41. The quantitative estimate of drug-likeness (QED) is 0.795. The zero-order valence-electron chi connectivity index (χ0n) is 11.9. The summed E-state index contributed by atoms with van der Waals surface area (Å²) in [6.45, 7) is 8.13. The van der Waals surface area contributed by atoms with Crippen LogP contribution in [0.5, 0.6) is 0 Å². The first-order valence-corrected chi connectivity index (χ1v) is 7.37. The van der Waals surface area contributed by atoms with Crippen molar-refractivity contribution in [3.05, 3.63) is 30.1 Å². The summed E-state index contributed by atoms with van der Waals surface area (Å²) < 4.78 is 0. The van der Waals surface area contributed by atoms with Gasteiger partial charge in [0.2, 0.25) is 0 Å². The predicted octanol–water partition coefficient (Wildman–Crippen LogP) is 3.60. The zero-order chi connectivity index (χ0) is 13.0. The first-order valence-electron chi connectivity index (χ1n) is 7.37. The lowest BCUT2D eigenvalue weighted by atomic mass is 9.83. The molecular weight excluding hydrogens is 220 g/mol. The van der Waals surface area contributed by atoms with Crippen LogP contribution in [0.15, 0.2) is 24.5 Å². The van der Waals surface area contributed by atoms with E-state index >= 15 is 0 Å². The molecule has 1 fully saturated rings. The summed E-state index contributed by atoms with van der Waals surface area (Å²) in [4.78, 5) is 4.12. The molecule has 0 radical (unpaired) electrons. The average Bonchev–Trinajstić information content (AvgIpc) is 3.24. The van der Waals surface area contributed by atoms with Crippen molar-refractivity contribution >= 4 is 0 Å². The number of pyridine rings is 1. The second kappa shape index (κ2) is 6.33. The summed E-state index contributed by atoms with van der Waals surface area (Å²) in [5.74, 6) is 2.29. The molecule has 100 valence electrons. The minimum absolute atomic E-state index is 0.565. The fourth-order valence-corrected chi connectivity index (χ4v) is 2.92. The standard InChI is InChI=1S/C16H26N2/c1-4-9-18-16(12(2)14-5-6-14)13(3)15-7-10-17-11-8-15/h7-8,10-14,16,18H,4-6,9H2,1-3H3. The van der Waals surface area contributed by atoms with Crippen molar-refractivity contribution in [2.24, 2.45) is 11.8 Å². The van der Waals surface area contributed by atoms with Crippen molar-refractivity contribution in [2.75, 3.05) is 6.54 Å². The molecule has 0 bridgehead atoms. The van der Waals surface area contributed by atoms with Crippen LogP contribution in [0.4, 0.5) is 0 Å². The van der Waals surface area contributed by atoms with Gasteiger partial charge in [-0.15, -0.1) is 0 Å². The molecule has 1 aliphatic carbocycles. The Morgan fingerprint density at radius 3 is 2.50 bits per heavy atom. The van der Waals surface area contributed by atoms with Gasteiger partial charge in [-0.05, 0) is 61.3 Å². The zero-order valence-corrected chi connectivity index (χ0v) is 11.9. The maximum Gasteiger partial charge on any atom is 0.0270 e. The molecule has 1 saturated carbocycles. The Hall–Kier alpha value is -0.890. The summed E-state index contributed by atoms with van der Waals surface area (Å²) in [7, 11) is 0. The number of rotatable bonds is 7. The largest absolute Gasteiger partial charge is 0.313 e. The van der Waals surface area contributed by atoms with Gasteiger partial charge in [0.25, 0.3) is 0 Å². The third-order valence-corrected chi connectivity index (χ3v) is 4.33. The molecule has 2 nitrogen and oxygen atoms in total. The lowest BCUT2D eigenvalue weighted by molar-refractivity contribution is 0.305. The van der Waals surface area contributed by atoms with Crippen LogP contribution in [-0.4, -0.2) is 17.6 Å². The van der Waals surface area contributed by atoms with Gasteiger partial charge in [-0.3, -0.25) is 4.98 Å². The van der Waals surface area contributed by atoms with Crippen molar-refractivity contribution in [3.8, 4) is 0 Å². The van der Waals surface area contributed by atoms with Gasteiger partial charge in [0.05, 0.1) is 0 Å². The Morgan fingerprint density at radius 1 is 1.28 bits per heavy atom. The molecule has 18 heavy (non-hydrogen) atoms. The molecule has 0 amide bonds. The maximum absolute atomic E-state index is 4.12. The van der Waals surface area contributed by atoms with Gasteiger partial charge in [0.1, 0.15) is 0 Å². The van der Waals surface area contributed by atoms with Crippen molar-refractivity contribution in [1.29, 1.82) is 0 Å². The van der Waals surface area contributed by atoms with Crippen molar-refractivity contribution < 1.29 is 0 Å². The van der Waals surface area contributed by atoms with Gasteiger partial charge in [-0.25, -0.2) is 0 Å². The molecule has 2 rings (SSSR count). The van der Waals surface area contributed by atoms with E-state index in [0.29, 0.717) is 12.0 Å². The number of nitrogens with one attached hydrogen (secondary N) is 1. The molecule has 3 unspecified atom stereocenters. The fourth-order valence-electron chi connectivity index (χ4n) is 2.92. The highest BCUT2D eigenvalue weighted by molar-refractivity contribution is 5.18. The summed E-state index contributed by atoms with van der Waals surface area (Å²) in [6, 6.07) is 4.91. The summed E-state index contributed by atoms with van der Waals surface area (Å²) in [6.07, 6.45) is 7.87. The summed E-state index contributed by atoms with van der Waals surface area (Å²) >= 11 is 0. The van der Waals surface area contributed by atoms with E-state index in [9.17, 15) is 0 Å². The van der Waals surface area contributed by atoms with Crippen LogP contribution in [0, 0.1) is 11.8 Å². The lowest BCUT2D eigenvalue weighted by Crippen LogP contribution is -2.40. The van der Waals surface area contributed by atoms with Crippen LogP contribution in [0.25, 0.3) is 0 Å². The predicted molar refractivity (Wildman–Crippen MR) is 76.6 cm³/mol. The Labute approximate surface area is 111 Å². The maximum atomic E-state index is 4.12. The van der Waals surface area contributed by atoms with Gasteiger partial charge in [0.15, 0.2) is 0 Å². The number of aromatic nitrogens is 1. The average molecular weight is 246 g/mol. The van der Waals surface area contributed by atoms with Gasteiger partial charge in [0, 0.05) is 18.4 Å². The van der Waals surface area contributed by atoms with Crippen LogP contribution in [0.1, 0.15) is 51.5 Å². The van der Waals surface area contributed by atoms with E-state index in [1.54, 1.807) is 0 Å². The van der Waals surface area contributed by atoms with Crippen molar-refractivity contribution in [3.63, 3.8) is 0 Å². The van der Waals surface area contributed by atoms with Crippen molar-refractivity contribution in [2.45, 2.75) is 52.0 Å². The van der Waals surface area contributed by atoms with E-state index in [1.165, 1.54) is 24.8 Å². The lowest BCUT2D eigenvalue weighted by Gasteiger charge is -2.31. The molecule has 0 spiro atoms. The van der Waals surface area contributed by atoms with Gasteiger partial charge < -0.3 is 5.32 Å². The topological polar surface area (TPSA) is 24.9 Å². The van der Waals surface area contributed by atoms with Crippen molar-refractivity contribution in [1.82, 2.24) is 10.3 Å². The van der Waals surface area contributed by atoms with E-state index in [4.69, 9.17) is 0 Å². The first kappa shape index (κ1) is 13.5. The molecule has 1 aromatic rings. The Bertz CT molecular complexity index is 345. The molecule has 1 aromatic heterocycles. The molecule has 1 N–H and O–H groups in total. The molecular formula is C16H26N2. The number of nitrogens with zero attached hydrogens (tertiary/aromatic N) is 1. The molecule has 0 aromatic carbocycles. The van der Waals surface area contributed by atoms with Gasteiger partial charge in [-0.2, -0.15) is 0 Å². The molecule has 1 aliphatic rings. The van der Waals surface area contributed by atoms with Crippen LogP contribution >= 0.6 is 0 Å². The van der Waals surface area contributed by atoms with Crippen LogP contribution in [-0.2, 0) is 0 Å². The highest BCUT2D eigenvalue weighted by atomic mass is 14.9. The third kappa shape index (κ3) is 3.32. The van der Waals surface area contributed by atoms with Crippen LogP contribution in [0.3, 0.4) is 0 Å². The molecule has 3 atom stereocenters. The normalized spacial score (nSPS) is 20.4. The Balaban J connectivity index is 2.06. The highest BCUT2D eigenvalue weighted by Crippen LogP contribution is 2.41. The third-order valence-electron chi connectivity index (χ3n) is 4.33. The second-order valence-electron chi connectivity index (χ2n) is 5.75. The molecule has 1 heterocycles. The van der Waals surface area contributed by atoms with E-state index in [-0.39, 0.29) is 0 Å². The minimum Gasteiger partial charge on any atom is -0.313 e. The van der Waals surface area contributed by atoms with E-state index < -0.39 is 0 Å². The second-order valence-corrected chi connectivity index (χ2v) is 5.75. The van der Waals surface area contributed by atoms with Gasteiger partial charge in [-0.1, -0.05) is 20.8 Å². The van der Waals surface area contributed by atoms with E-state index in [0.717, 1.165) is 18.4 Å². The van der Waals surface area contributed by atoms with Crippen LogP contribution < -0.4 is 5.32 Å². The van der Waals surface area contributed by atoms with E-state index in [1.807, 2.05) is 12.4 Å². The summed E-state index contributed by atoms with van der Waals surface area (Å²) in [5, 5.41) is 3.77.